The Morgan fingerprint density at radius 3 is 0.950 bits per heavy atom. The summed E-state index contributed by atoms with van der Waals surface area (Å²) in [6, 6.07) is 28.3. The maximum Gasteiger partial charge on any atom is 0.143 e. The molecular formula is C18H15NO. The number of nitrogens with zero attached hydrogens (tertiary/aromatic N) is 1. The maximum atomic E-state index is 13.6. The Morgan fingerprint density at radius 1 is 0.450 bits per heavy atom. The molecule has 0 spiro atoms. The molecule has 0 aliphatic rings. The molecule has 0 aliphatic carbocycles. The van der Waals surface area contributed by atoms with Gasteiger partial charge in [0.1, 0.15) is 17.1 Å². The second-order valence-electron chi connectivity index (χ2n) is 4.62. The van der Waals surface area contributed by atoms with E-state index in [1.807, 2.05) is 91.0 Å². The first-order valence-corrected chi connectivity index (χ1v) is 6.59. The van der Waals surface area contributed by atoms with Crippen LogP contribution >= 0.6 is 0 Å². The Morgan fingerprint density at radius 2 is 0.700 bits per heavy atom. The summed E-state index contributed by atoms with van der Waals surface area (Å²) >= 11 is 0. The minimum Gasteiger partial charge on any atom is -0.616 e. The van der Waals surface area contributed by atoms with E-state index in [0.29, 0.717) is 17.1 Å². The van der Waals surface area contributed by atoms with Gasteiger partial charge in [-0.05, 0) is 0 Å². The lowest BCUT2D eigenvalue weighted by Crippen LogP contribution is -2.31. The zero-order valence-corrected chi connectivity index (χ0v) is 11.0. The Bertz CT molecular complexity index is 569. The summed E-state index contributed by atoms with van der Waals surface area (Å²) in [4.78, 5) is 0. The number of hydrogen-bond donors (Lipinski definition) is 0. The van der Waals surface area contributed by atoms with Crippen molar-refractivity contribution >= 4 is 17.1 Å². The molecular weight excluding hydrogens is 246 g/mol. The van der Waals surface area contributed by atoms with Gasteiger partial charge >= 0.3 is 0 Å². The van der Waals surface area contributed by atoms with Gasteiger partial charge in [-0.25, -0.2) is 0 Å². The van der Waals surface area contributed by atoms with E-state index >= 15 is 0 Å². The number of para-hydroxylation sites is 3. The highest BCUT2D eigenvalue weighted by Gasteiger charge is 2.26. The highest BCUT2D eigenvalue weighted by Crippen LogP contribution is 2.41. The minimum absolute atomic E-state index is 0.581. The fourth-order valence-corrected chi connectivity index (χ4v) is 2.36. The smallest absolute Gasteiger partial charge is 0.143 e. The molecule has 0 atom stereocenters. The first-order chi connectivity index (χ1) is 9.82. The summed E-state index contributed by atoms with van der Waals surface area (Å²) < 4.78 is -0.581. The summed E-state index contributed by atoms with van der Waals surface area (Å²) in [5.41, 5.74) is 2.10. The molecule has 3 rings (SSSR count). The third-order valence-corrected chi connectivity index (χ3v) is 3.36. The van der Waals surface area contributed by atoms with Gasteiger partial charge in [0.05, 0.1) is 0 Å². The molecule has 0 amide bonds. The van der Waals surface area contributed by atoms with Crippen molar-refractivity contribution in [2.75, 3.05) is 0 Å². The van der Waals surface area contributed by atoms with Crippen LogP contribution in [0.3, 0.4) is 0 Å². The predicted octanol–water partition coefficient (Wildman–Crippen LogP) is 5.16. The topological polar surface area (TPSA) is 23.1 Å². The molecule has 0 radical (unpaired) electrons. The van der Waals surface area contributed by atoms with Crippen molar-refractivity contribution < 1.29 is 0 Å². The quantitative estimate of drug-likeness (QED) is 0.472. The van der Waals surface area contributed by atoms with Crippen LogP contribution in [0.15, 0.2) is 91.0 Å². The molecule has 2 heteroatoms. The minimum atomic E-state index is -0.581. The third-order valence-electron chi connectivity index (χ3n) is 3.36. The normalized spacial score (nSPS) is 11.2. The van der Waals surface area contributed by atoms with E-state index in [0.717, 1.165) is 0 Å². The average Bonchev–Trinajstić information content (AvgIpc) is 2.56. The SMILES string of the molecule is [O-][N+](c1ccccc1)(c1ccccc1)c1ccccc1. The van der Waals surface area contributed by atoms with Crippen LogP contribution in [-0.2, 0) is 0 Å². The van der Waals surface area contributed by atoms with Gasteiger partial charge < -0.3 is 5.21 Å². The average molecular weight is 261 g/mol. The predicted molar refractivity (Wildman–Crippen MR) is 83.8 cm³/mol. The fourth-order valence-electron chi connectivity index (χ4n) is 2.36. The Hall–Kier alpha value is -2.42. The van der Waals surface area contributed by atoms with Crippen LogP contribution in [0, 0.1) is 5.21 Å². The monoisotopic (exact) mass is 261 g/mol. The van der Waals surface area contributed by atoms with Crippen molar-refractivity contribution in [3.05, 3.63) is 96.2 Å². The van der Waals surface area contributed by atoms with E-state index in [-0.39, 0.29) is 0 Å². The number of quaternary nitrogens is 1. The van der Waals surface area contributed by atoms with E-state index in [1.54, 1.807) is 0 Å². The summed E-state index contributed by atoms with van der Waals surface area (Å²) in [5, 5.41) is 13.6. The highest BCUT2D eigenvalue weighted by molar-refractivity contribution is 5.71. The van der Waals surface area contributed by atoms with E-state index in [9.17, 15) is 5.21 Å². The van der Waals surface area contributed by atoms with Gasteiger partial charge in [-0.15, -0.1) is 0 Å². The van der Waals surface area contributed by atoms with Crippen molar-refractivity contribution in [3.63, 3.8) is 0 Å². The first-order valence-electron chi connectivity index (χ1n) is 6.59. The van der Waals surface area contributed by atoms with Crippen LogP contribution in [0.5, 0.6) is 0 Å². The van der Waals surface area contributed by atoms with Crippen molar-refractivity contribution in [3.8, 4) is 0 Å². The fraction of sp³-hybridized carbons (Fsp3) is 0. The molecule has 0 unspecified atom stereocenters. The standard InChI is InChI=1S/C18H15NO/c20-19(16-10-4-1-5-11-16,17-12-6-2-7-13-17)18-14-8-3-9-15-18/h1-15H. The van der Waals surface area contributed by atoms with Gasteiger partial charge in [-0.1, -0.05) is 54.6 Å². The maximum absolute atomic E-state index is 13.6. The summed E-state index contributed by atoms with van der Waals surface area (Å²) in [5.74, 6) is 0. The molecule has 0 fully saturated rings. The summed E-state index contributed by atoms with van der Waals surface area (Å²) in [7, 11) is 0. The Kier molecular flexibility index (Phi) is 3.33. The largest absolute Gasteiger partial charge is 0.616 e. The molecule has 3 aromatic rings. The van der Waals surface area contributed by atoms with Crippen molar-refractivity contribution in [1.82, 2.24) is 4.65 Å². The van der Waals surface area contributed by atoms with Crippen LogP contribution in [-0.4, -0.2) is 0 Å². The van der Waals surface area contributed by atoms with E-state index in [2.05, 4.69) is 0 Å². The second-order valence-corrected chi connectivity index (χ2v) is 4.62. The molecule has 3 aromatic carbocycles. The van der Waals surface area contributed by atoms with Crippen molar-refractivity contribution in [2.24, 2.45) is 0 Å². The first kappa shape index (κ1) is 12.6. The van der Waals surface area contributed by atoms with E-state index in [1.165, 1.54) is 0 Å². The van der Waals surface area contributed by atoms with E-state index < -0.39 is 4.65 Å². The lowest BCUT2D eigenvalue weighted by Gasteiger charge is -2.41. The molecule has 0 heterocycles. The molecule has 0 N–H and O–H groups in total. The molecule has 0 aliphatic heterocycles. The van der Waals surface area contributed by atoms with Crippen molar-refractivity contribution in [1.29, 1.82) is 0 Å². The Balaban J connectivity index is 2.24. The molecule has 0 saturated heterocycles. The van der Waals surface area contributed by atoms with Crippen LogP contribution in [0.1, 0.15) is 0 Å². The lowest BCUT2D eigenvalue weighted by molar-refractivity contribution is 0.693. The van der Waals surface area contributed by atoms with Gasteiger partial charge in [-0.3, -0.25) is 4.65 Å². The third kappa shape index (κ3) is 2.11. The van der Waals surface area contributed by atoms with Gasteiger partial charge in [-0.2, -0.15) is 0 Å². The zero-order chi connectivity index (χ0) is 13.8. The molecule has 0 saturated carbocycles. The van der Waals surface area contributed by atoms with Crippen molar-refractivity contribution in [2.45, 2.75) is 0 Å². The van der Waals surface area contributed by atoms with Gasteiger partial charge in [0.15, 0.2) is 0 Å². The van der Waals surface area contributed by atoms with Crippen LogP contribution in [0.2, 0.25) is 0 Å². The number of hydrogen-bond acceptors (Lipinski definition) is 1. The number of benzene rings is 3. The second kappa shape index (κ2) is 5.29. The molecule has 0 aromatic heterocycles. The summed E-state index contributed by atoms with van der Waals surface area (Å²) in [6.07, 6.45) is 0. The van der Waals surface area contributed by atoms with Gasteiger partial charge in [0.2, 0.25) is 0 Å². The highest BCUT2D eigenvalue weighted by atomic mass is 16.5. The van der Waals surface area contributed by atoms with Gasteiger partial charge in [0, 0.05) is 36.4 Å². The lowest BCUT2D eigenvalue weighted by atomic mass is 10.2. The molecule has 98 valence electrons. The molecule has 0 bridgehead atoms. The molecule has 20 heavy (non-hydrogen) atoms. The summed E-state index contributed by atoms with van der Waals surface area (Å²) in [6.45, 7) is 0. The zero-order valence-electron chi connectivity index (χ0n) is 11.0. The van der Waals surface area contributed by atoms with Crippen LogP contribution in [0.25, 0.3) is 0 Å². The number of rotatable bonds is 3. The van der Waals surface area contributed by atoms with Crippen LogP contribution < -0.4 is 4.65 Å². The van der Waals surface area contributed by atoms with E-state index in [4.69, 9.17) is 0 Å². The molecule has 2 nitrogen and oxygen atoms in total. The van der Waals surface area contributed by atoms with Crippen LogP contribution in [0.4, 0.5) is 17.1 Å². The van der Waals surface area contributed by atoms with Gasteiger partial charge in [0.25, 0.3) is 0 Å². The Labute approximate surface area is 118 Å².